The van der Waals surface area contributed by atoms with Gasteiger partial charge in [-0.15, -0.1) is 0 Å². The number of imide groups is 1. The summed E-state index contributed by atoms with van der Waals surface area (Å²) in [5.74, 6) is -1.35. The lowest BCUT2D eigenvalue weighted by atomic mass is 9.82. The monoisotopic (exact) mass is 258 g/mol. The molecule has 18 heavy (non-hydrogen) atoms. The molecule has 2 amide bonds. The molecule has 0 saturated carbocycles. The first-order valence-electron chi connectivity index (χ1n) is 5.71. The molecule has 0 aromatic rings. The summed E-state index contributed by atoms with van der Waals surface area (Å²) in [6.07, 6.45) is 0.504. The van der Waals surface area contributed by atoms with Gasteiger partial charge in [0.15, 0.2) is 0 Å². The molecule has 1 fully saturated rings. The summed E-state index contributed by atoms with van der Waals surface area (Å²) in [6, 6.07) is 0. The Balaban J connectivity index is 2.50. The summed E-state index contributed by atoms with van der Waals surface area (Å²) in [6.45, 7) is 2.62. The van der Waals surface area contributed by atoms with Crippen LogP contribution in [0.1, 0.15) is 19.8 Å². The largest absolute Gasteiger partial charge is 0.481 e. The lowest BCUT2D eigenvalue weighted by Gasteiger charge is -2.36. The van der Waals surface area contributed by atoms with Gasteiger partial charge in [-0.1, -0.05) is 0 Å². The molecule has 1 rings (SSSR count). The number of carboxylic acid groups (broad SMARTS) is 1. The van der Waals surface area contributed by atoms with Crippen LogP contribution in [0, 0.1) is 5.41 Å². The highest BCUT2D eigenvalue weighted by Gasteiger charge is 2.38. The summed E-state index contributed by atoms with van der Waals surface area (Å²) >= 11 is 0. The number of piperidine rings is 1. The molecule has 0 spiro atoms. The number of nitrogens with zero attached hydrogens (tertiary/aromatic N) is 1. The molecule has 0 aromatic heterocycles. The number of likely N-dealkylation sites (tertiary alicyclic amines) is 1. The Morgan fingerprint density at radius 1 is 1.44 bits per heavy atom. The number of hydrogen-bond donors (Lipinski definition) is 2. The Morgan fingerprint density at radius 3 is 2.67 bits per heavy atom. The van der Waals surface area contributed by atoms with Crippen LogP contribution in [0.3, 0.4) is 0 Å². The maximum Gasteiger partial charge on any atom is 0.413 e. The number of ether oxygens (including phenoxy) is 1. The van der Waals surface area contributed by atoms with E-state index in [0.717, 1.165) is 0 Å². The number of carbonyl (C=O) groups is 3. The van der Waals surface area contributed by atoms with Crippen molar-refractivity contribution in [3.63, 3.8) is 0 Å². The zero-order chi connectivity index (χ0) is 13.8. The average molecular weight is 258 g/mol. The van der Waals surface area contributed by atoms with Gasteiger partial charge in [-0.2, -0.15) is 0 Å². The molecule has 2 N–H and O–H groups in total. The van der Waals surface area contributed by atoms with Gasteiger partial charge in [-0.3, -0.25) is 19.8 Å². The second-order valence-electron chi connectivity index (χ2n) is 4.72. The smallest absolute Gasteiger partial charge is 0.413 e. The fourth-order valence-corrected chi connectivity index (χ4v) is 2.06. The molecule has 7 nitrogen and oxygen atoms in total. The molecular weight excluding hydrogens is 240 g/mol. The van der Waals surface area contributed by atoms with Crippen LogP contribution in [0.5, 0.6) is 0 Å². The average Bonchev–Trinajstić information content (AvgIpc) is 2.28. The van der Waals surface area contributed by atoms with Gasteiger partial charge in [-0.25, -0.2) is 4.79 Å². The molecule has 0 aliphatic carbocycles. The van der Waals surface area contributed by atoms with E-state index in [-0.39, 0.29) is 6.54 Å². The SMILES string of the molecule is COC(=O)NC(=O)CN1CCCC(C)(C(=O)O)C1. The number of nitrogens with one attached hydrogen (secondary N) is 1. The topological polar surface area (TPSA) is 95.9 Å². The molecule has 1 aliphatic heterocycles. The first-order chi connectivity index (χ1) is 8.37. The zero-order valence-electron chi connectivity index (χ0n) is 10.6. The quantitative estimate of drug-likeness (QED) is 0.743. The van der Waals surface area contributed by atoms with Crippen molar-refractivity contribution in [2.45, 2.75) is 19.8 Å². The van der Waals surface area contributed by atoms with Crippen molar-refractivity contribution in [3.05, 3.63) is 0 Å². The molecule has 7 heteroatoms. The lowest BCUT2D eigenvalue weighted by Crippen LogP contribution is -2.49. The van der Waals surface area contributed by atoms with Gasteiger partial charge in [0.25, 0.3) is 0 Å². The van der Waals surface area contributed by atoms with Crippen LogP contribution < -0.4 is 5.32 Å². The van der Waals surface area contributed by atoms with Crippen molar-refractivity contribution in [1.82, 2.24) is 10.2 Å². The molecule has 1 aliphatic rings. The van der Waals surface area contributed by atoms with Gasteiger partial charge in [0.1, 0.15) is 0 Å². The van der Waals surface area contributed by atoms with Gasteiger partial charge >= 0.3 is 12.1 Å². The minimum Gasteiger partial charge on any atom is -0.481 e. The third kappa shape index (κ3) is 3.69. The van der Waals surface area contributed by atoms with E-state index in [1.165, 1.54) is 7.11 Å². The number of rotatable bonds is 3. The predicted octanol–water partition coefficient (Wildman–Crippen LogP) is 0.0557. The number of methoxy groups -OCH3 is 1. The first kappa shape index (κ1) is 14.4. The lowest BCUT2D eigenvalue weighted by molar-refractivity contribution is -0.151. The minimum atomic E-state index is -0.861. The molecule has 1 heterocycles. The second kappa shape index (κ2) is 5.81. The van der Waals surface area contributed by atoms with Gasteiger partial charge in [0, 0.05) is 6.54 Å². The molecular formula is C11H18N2O5. The van der Waals surface area contributed by atoms with Gasteiger partial charge < -0.3 is 9.84 Å². The van der Waals surface area contributed by atoms with Crippen molar-refractivity contribution in [2.24, 2.45) is 5.41 Å². The van der Waals surface area contributed by atoms with Gasteiger partial charge in [0.2, 0.25) is 5.91 Å². The zero-order valence-corrected chi connectivity index (χ0v) is 10.6. The van der Waals surface area contributed by atoms with Gasteiger partial charge in [-0.05, 0) is 26.3 Å². The van der Waals surface area contributed by atoms with E-state index >= 15 is 0 Å². The van der Waals surface area contributed by atoms with Crippen molar-refractivity contribution >= 4 is 18.0 Å². The number of aliphatic carboxylic acids is 1. The molecule has 1 saturated heterocycles. The highest BCUT2D eigenvalue weighted by atomic mass is 16.5. The van der Waals surface area contributed by atoms with E-state index in [9.17, 15) is 14.4 Å². The molecule has 1 atom stereocenters. The maximum atomic E-state index is 11.5. The van der Waals surface area contributed by atoms with Crippen LogP contribution >= 0.6 is 0 Å². The molecule has 0 bridgehead atoms. The van der Waals surface area contributed by atoms with Crippen molar-refractivity contribution in [1.29, 1.82) is 0 Å². The Morgan fingerprint density at radius 2 is 2.11 bits per heavy atom. The van der Waals surface area contributed by atoms with E-state index in [1.807, 2.05) is 5.32 Å². The van der Waals surface area contributed by atoms with E-state index in [0.29, 0.717) is 25.9 Å². The third-order valence-electron chi connectivity index (χ3n) is 3.09. The summed E-state index contributed by atoms with van der Waals surface area (Å²) in [5, 5.41) is 11.2. The van der Waals surface area contributed by atoms with Gasteiger partial charge in [0.05, 0.1) is 19.1 Å². The van der Waals surface area contributed by atoms with E-state index < -0.39 is 23.4 Å². The fraction of sp³-hybridized carbons (Fsp3) is 0.727. The van der Waals surface area contributed by atoms with E-state index in [2.05, 4.69) is 4.74 Å². The highest BCUT2D eigenvalue weighted by Crippen LogP contribution is 2.29. The number of hydrogen-bond acceptors (Lipinski definition) is 5. The molecule has 102 valence electrons. The Bertz CT molecular complexity index is 357. The third-order valence-corrected chi connectivity index (χ3v) is 3.09. The molecule has 0 radical (unpaired) electrons. The standard InChI is InChI=1S/C11H18N2O5/c1-11(9(15)16)4-3-5-13(7-11)6-8(14)12-10(17)18-2/h3-7H2,1-2H3,(H,15,16)(H,12,14,17). The minimum absolute atomic E-state index is 0.00201. The Hall–Kier alpha value is -1.63. The summed E-state index contributed by atoms with van der Waals surface area (Å²) in [7, 11) is 1.17. The highest BCUT2D eigenvalue weighted by molar-refractivity contribution is 5.92. The molecule has 1 unspecified atom stereocenters. The first-order valence-corrected chi connectivity index (χ1v) is 5.71. The van der Waals surface area contributed by atoms with Crippen molar-refractivity contribution in [2.75, 3.05) is 26.7 Å². The van der Waals surface area contributed by atoms with Crippen LogP contribution in [0.4, 0.5) is 4.79 Å². The number of amides is 2. The number of carboxylic acids is 1. The Kier molecular flexibility index (Phi) is 4.66. The predicted molar refractivity (Wildman–Crippen MR) is 62.0 cm³/mol. The summed E-state index contributed by atoms with van der Waals surface area (Å²) in [4.78, 5) is 35.2. The summed E-state index contributed by atoms with van der Waals surface area (Å²) in [5.41, 5.74) is -0.830. The van der Waals surface area contributed by atoms with Crippen molar-refractivity contribution in [3.8, 4) is 0 Å². The van der Waals surface area contributed by atoms with Crippen LogP contribution in [-0.4, -0.2) is 54.7 Å². The summed E-state index contributed by atoms with van der Waals surface area (Å²) < 4.78 is 4.31. The molecule has 0 aromatic carbocycles. The van der Waals surface area contributed by atoms with E-state index in [4.69, 9.17) is 5.11 Å². The second-order valence-corrected chi connectivity index (χ2v) is 4.72. The van der Waals surface area contributed by atoms with Crippen LogP contribution in [0.2, 0.25) is 0 Å². The van der Waals surface area contributed by atoms with Crippen molar-refractivity contribution < 1.29 is 24.2 Å². The maximum absolute atomic E-state index is 11.5. The van der Waals surface area contributed by atoms with Crippen LogP contribution in [0.15, 0.2) is 0 Å². The van der Waals surface area contributed by atoms with Crippen LogP contribution in [0.25, 0.3) is 0 Å². The van der Waals surface area contributed by atoms with E-state index in [1.54, 1.807) is 11.8 Å². The number of carbonyl (C=O) groups excluding carboxylic acids is 2. The Labute approximate surface area is 105 Å². The normalized spacial score (nSPS) is 24.3. The van der Waals surface area contributed by atoms with Crippen LogP contribution in [-0.2, 0) is 14.3 Å². The number of alkyl carbamates (subject to hydrolysis) is 1. The fourth-order valence-electron chi connectivity index (χ4n) is 2.06.